The van der Waals surface area contributed by atoms with Crippen LogP contribution in [0.1, 0.15) is 56.1 Å². The van der Waals surface area contributed by atoms with E-state index in [1.165, 1.54) is 30.4 Å². The number of rotatable bonds is 0. The monoisotopic (exact) mass is 467 g/mol. The molecule has 3 heteroatoms. The summed E-state index contributed by atoms with van der Waals surface area (Å²) in [4.78, 5) is 0. The molecule has 0 amide bonds. The minimum absolute atomic E-state index is 0. The Morgan fingerprint density at radius 2 is 1.95 bits per heavy atom. The summed E-state index contributed by atoms with van der Waals surface area (Å²) in [5, 5.41) is 20.0. The third kappa shape index (κ3) is 2.21. The fourth-order valence-electron chi connectivity index (χ4n) is 5.54. The van der Waals surface area contributed by atoms with Gasteiger partial charge in [-0.1, -0.05) is 13.0 Å². The van der Waals surface area contributed by atoms with Gasteiger partial charge < -0.3 is 10.2 Å². The van der Waals surface area contributed by atoms with Crippen molar-refractivity contribution in [3.63, 3.8) is 0 Å². The van der Waals surface area contributed by atoms with Crippen molar-refractivity contribution in [1.29, 1.82) is 0 Å². The van der Waals surface area contributed by atoms with Gasteiger partial charge in [0.1, 0.15) is 5.75 Å². The summed E-state index contributed by atoms with van der Waals surface area (Å²) in [6.07, 6.45) is 6.78. The number of aromatic hydroxyl groups is 1. The van der Waals surface area contributed by atoms with Crippen LogP contribution in [0.2, 0.25) is 0 Å². The molecule has 4 rings (SSSR count). The maximum atomic E-state index is 10.4. The number of fused-ring (bicyclic) bond motifs is 5. The maximum absolute atomic E-state index is 10.4. The van der Waals surface area contributed by atoms with E-state index in [-0.39, 0.29) is 32.6 Å². The fraction of sp³-hybridized carbons (Fsp3) is 0.667. The maximum Gasteiger partial charge on any atom is 0.115 e. The van der Waals surface area contributed by atoms with E-state index >= 15 is 0 Å². The van der Waals surface area contributed by atoms with Crippen molar-refractivity contribution in [1.82, 2.24) is 0 Å². The molecule has 1 unspecified atom stereocenters. The van der Waals surface area contributed by atoms with Crippen molar-refractivity contribution >= 4 is 0 Å². The number of hydrogen-bond acceptors (Lipinski definition) is 2. The van der Waals surface area contributed by atoms with Crippen LogP contribution >= 0.6 is 0 Å². The number of phenols is 1. The molecule has 1 aromatic carbocycles. The summed E-state index contributed by atoms with van der Waals surface area (Å²) >= 11 is 0. The molecule has 2 N–H and O–H groups in total. The summed E-state index contributed by atoms with van der Waals surface area (Å²) in [7, 11) is 0. The molecule has 3 aliphatic rings. The average molecular weight is 467 g/mol. The Morgan fingerprint density at radius 3 is 2.76 bits per heavy atom. The third-order valence-electron chi connectivity index (χ3n) is 6.66. The van der Waals surface area contributed by atoms with E-state index in [0.29, 0.717) is 17.6 Å². The van der Waals surface area contributed by atoms with Crippen LogP contribution in [0.5, 0.6) is 5.75 Å². The predicted molar refractivity (Wildman–Crippen MR) is 78.7 cm³/mol. The number of aliphatic hydroxyl groups excluding tert-OH is 1. The molecule has 0 saturated heterocycles. The molecular formula is C18H24O2Pt. The van der Waals surface area contributed by atoms with Crippen molar-refractivity contribution in [3.8, 4) is 5.75 Å². The zero-order valence-corrected chi connectivity index (χ0v) is 14.8. The van der Waals surface area contributed by atoms with E-state index in [1.54, 1.807) is 0 Å². The largest absolute Gasteiger partial charge is 0.508 e. The summed E-state index contributed by atoms with van der Waals surface area (Å²) in [6, 6.07) is 5.96. The van der Waals surface area contributed by atoms with Gasteiger partial charge in [0.25, 0.3) is 0 Å². The molecule has 0 aliphatic heterocycles. The molecule has 2 nitrogen and oxygen atoms in total. The van der Waals surface area contributed by atoms with Crippen LogP contribution in [0.25, 0.3) is 0 Å². The summed E-state index contributed by atoms with van der Waals surface area (Å²) in [5.41, 5.74) is 2.99. The Hall–Kier alpha value is -0.332. The van der Waals surface area contributed by atoms with Gasteiger partial charge in [0.15, 0.2) is 0 Å². The van der Waals surface area contributed by atoms with Crippen LogP contribution in [-0.2, 0) is 27.5 Å². The van der Waals surface area contributed by atoms with Crippen LogP contribution in [0, 0.1) is 17.3 Å². The molecule has 0 aromatic heterocycles. The van der Waals surface area contributed by atoms with Gasteiger partial charge in [-0.25, -0.2) is 0 Å². The SMILES string of the molecule is C[C@]12CC[C@@H]3c4ccc(O)cc4CC[C@H]3[C@@H]1CCC2O.[Pt]. The Balaban J connectivity index is 0.00000132. The Kier molecular flexibility index (Phi) is 3.99. The van der Waals surface area contributed by atoms with Gasteiger partial charge in [0.2, 0.25) is 0 Å². The zero-order valence-electron chi connectivity index (χ0n) is 12.5. The quantitative estimate of drug-likeness (QED) is 0.612. The molecule has 0 radical (unpaired) electrons. The van der Waals surface area contributed by atoms with Gasteiger partial charge in [0.05, 0.1) is 6.10 Å². The van der Waals surface area contributed by atoms with Crippen molar-refractivity contribution in [2.75, 3.05) is 0 Å². The molecule has 0 spiro atoms. The number of phenolic OH excluding ortho intramolecular Hbond substituents is 1. The summed E-state index contributed by atoms with van der Waals surface area (Å²) in [5.74, 6) is 2.49. The first-order valence-electron chi connectivity index (χ1n) is 8.09. The molecule has 118 valence electrons. The molecule has 0 bridgehead atoms. The second-order valence-electron chi connectivity index (χ2n) is 7.44. The molecular weight excluding hydrogens is 443 g/mol. The van der Waals surface area contributed by atoms with Gasteiger partial charge in [-0.3, -0.25) is 0 Å². The van der Waals surface area contributed by atoms with Crippen LogP contribution in [0.15, 0.2) is 18.2 Å². The van der Waals surface area contributed by atoms with Crippen LogP contribution in [-0.4, -0.2) is 16.3 Å². The smallest absolute Gasteiger partial charge is 0.115 e. The molecule has 0 heterocycles. The molecule has 3 aliphatic carbocycles. The summed E-state index contributed by atoms with van der Waals surface area (Å²) in [6.45, 7) is 2.32. The fourth-order valence-corrected chi connectivity index (χ4v) is 5.54. The molecule has 5 atom stereocenters. The minimum atomic E-state index is -0.0883. The molecule has 2 saturated carbocycles. The number of benzene rings is 1. The van der Waals surface area contributed by atoms with E-state index in [0.717, 1.165) is 25.2 Å². The number of hydrogen-bond donors (Lipinski definition) is 2. The third-order valence-corrected chi connectivity index (χ3v) is 6.66. The zero-order chi connectivity index (χ0) is 13.9. The van der Waals surface area contributed by atoms with Crippen molar-refractivity contribution < 1.29 is 31.3 Å². The predicted octanol–water partition coefficient (Wildman–Crippen LogP) is 3.61. The van der Waals surface area contributed by atoms with E-state index in [4.69, 9.17) is 0 Å². The Labute approximate surface area is 141 Å². The first-order valence-corrected chi connectivity index (χ1v) is 8.09. The van der Waals surface area contributed by atoms with Crippen molar-refractivity contribution in [3.05, 3.63) is 29.3 Å². The van der Waals surface area contributed by atoms with Gasteiger partial charge in [-0.15, -0.1) is 0 Å². The van der Waals surface area contributed by atoms with Gasteiger partial charge in [-0.05, 0) is 85.0 Å². The van der Waals surface area contributed by atoms with Crippen LogP contribution in [0.4, 0.5) is 0 Å². The van der Waals surface area contributed by atoms with Gasteiger partial charge in [0, 0.05) is 21.1 Å². The number of aliphatic hydroxyl groups is 1. The second-order valence-corrected chi connectivity index (χ2v) is 7.44. The summed E-state index contributed by atoms with van der Waals surface area (Å²) < 4.78 is 0. The standard InChI is InChI=1S/C18H24O2.Pt/c1-18-9-8-14-13-5-3-12(19)10-11(13)2-4-15(14)16(18)6-7-17(18)20;/h3,5,10,14-17,19-20H,2,4,6-9H2,1H3;/t14-,15-,16+,17?,18+;/m1./s1. The van der Waals surface area contributed by atoms with Gasteiger partial charge in [-0.2, -0.15) is 0 Å². The van der Waals surface area contributed by atoms with E-state index in [9.17, 15) is 10.2 Å². The van der Waals surface area contributed by atoms with E-state index in [2.05, 4.69) is 13.0 Å². The normalized spacial score (nSPS) is 40.7. The molecule has 2 fully saturated rings. The minimum Gasteiger partial charge on any atom is -0.508 e. The second kappa shape index (κ2) is 5.39. The molecule has 1 aromatic rings. The van der Waals surface area contributed by atoms with Crippen LogP contribution in [0.3, 0.4) is 0 Å². The first kappa shape index (κ1) is 15.6. The van der Waals surface area contributed by atoms with Crippen molar-refractivity contribution in [2.45, 2.75) is 57.5 Å². The van der Waals surface area contributed by atoms with E-state index in [1.807, 2.05) is 12.1 Å². The van der Waals surface area contributed by atoms with E-state index < -0.39 is 0 Å². The first-order chi connectivity index (χ1) is 9.59. The average Bonchev–Trinajstić information content (AvgIpc) is 2.74. The Bertz CT molecular complexity index is 544. The Morgan fingerprint density at radius 1 is 1.14 bits per heavy atom. The van der Waals surface area contributed by atoms with Crippen molar-refractivity contribution in [2.24, 2.45) is 17.3 Å². The van der Waals surface area contributed by atoms with Crippen LogP contribution < -0.4 is 0 Å². The topological polar surface area (TPSA) is 40.5 Å². The van der Waals surface area contributed by atoms with Gasteiger partial charge >= 0.3 is 0 Å². The molecule has 21 heavy (non-hydrogen) atoms. The number of aryl methyl sites for hydroxylation is 1.